The van der Waals surface area contributed by atoms with Gasteiger partial charge in [-0.05, 0) is 19.1 Å². The molecule has 0 bridgehead atoms. The molecular formula is C13H15NO3. The topological polar surface area (TPSA) is 47.9 Å². The first-order valence-corrected chi connectivity index (χ1v) is 5.56. The molecule has 0 radical (unpaired) electrons. The van der Waals surface area contributed by atoms with Crippen molar-refractivity contribution in [2.45, 2.75) is 13.0 Å². The van der Waals surface area contributed by atoms with E-state index in [1.807, 2.05) is 37.3 Å². The van der Waals surface area contributed by atoms with Crippen molar-refractivity contribution in [1.82, 2.24) is 0 Å². The highest BCUT2D eigenvalue weighted by atomic mass is 16.5. The number of hydrogen-bond donors (Lipinski definition) is 0. The van der Waals surface area contributed by atoms with Crippen LogP contribution >= 0.6 is 0 Å². The summed E-state index contributed by atoms with van der Waals surface area (Å²) in [5.74, 6) is 0.0130. The smallest absolute Gasteiger partial charge is 0.314 e. The van der Waals surface area contributed by atoms with E-state index in [9.17, 15) is 4.79 Å². The SMILES string of the molecule is COC(=O)[C@@H]1CN=C(c2ccccc2)O[C@@H]1C. The number of aliphatic imine (C=N–C) groups is 1. The zero-order valence-electron chi connectivity index (χ0n) is 9.92. The summed E-state index contributed by atoms with van der Waals surface area (Å²) in [4.78, 5) is 15.7. The van der Waals surface area contributed by atoms with Crippen LogP contribution in [-0.4, -0.2) is 31.6 Å². The van der Waals surface area contributed by atoms with Crippen LogP contribution in [0.1, 0.15) is 12.5 Å². The fourth-order valence-electron chi connectivity index (χ4n) is 1.78. The van der Waals surface area contributed by atoms with Crippen molar-refractivity contribution in [2.75, 3.05) is 13.7 Å². The maximum atomic E-state index is 11.4. The average Bonchev–Trinajstić information content (AvgIpc) is 2.39. The average molecular weight is 233 g/mol. The van der Waals surface area contributed by atoms with Gasteiger partial charge in [-0.2, -0.15) is 0 Å². The summed E-state index contributed by atoms with van der Waals surface area (Å²) >= 11 is 0. The standard InChI is InChI=1S/C13H15NO3/c1-9-11(13(15)16-2)8-14-12(17-9)10-6-4-3-5-7-10/h3-7,9,11H,8H2,1-2H3/t9-,11-/m1/s1. The summed E-state index contributed by atoms with van der Waals surface area (Å²) in [7, 11) is 1.38. The number of hydrogen-bond acceptors (Lipinski definition) is 4. The van der Waals surface area contributed by atoms with E-state index in [0.29, 0.717) is 12.4 Å². The quantitative estimate of drug-likeness (QED) is 0.729. The van der Waals surface area contributed by atoms with Crippen LogP contribution in [0.3, 0.4) is 0 Å². The minimum Gasteiger partial charge on any atom is -0.473 e. The predicted octanol–water partition coefficient (Wildman–Crippen LogP) is 1.64. The molecule has 1 aromatic carbocycles. The molecule has 0 spiro atoms. The fourth-order valence-corrected chi connectivity index (χ4v) is 1.78. The van der Waals surface area contributed by atoms with Crippen LogP contribution in [0.15, 0.2) is 35.3 Å². The largest absolute Gasteiger partial charge is 0.473 e. The van der Waals surface area contributed by atoms with E-state index >= 15 is 0 Å². The van der Waals surface area contributed by atoms with Gasteiger partial charge in [0.1, 0.15) is 12.0 Å². The molecular weight excluding hydrogens is 218 g/mol. The number of nitrogens with zero attached hydrogens (tertiary/aromatic N) is 1. The summed E-state index contributed by atoms with van der Waals surface area (Å²) in [6, 6.07) is 9.66. The van der Waals surface area contributed by atoms with E-state index in [0.717, 1.165) is 5.56 Å². The maximum Gasteiger partial charge on any atom is 0.314 e. The second-order valence-electron chi connectivity index (χ2n) is 3.96. The van der Waals surface area contributed by atoms with Gasteiger partial charge in [-0.3, -0.25) is 9.79 Å². The highest BCUT2D eigenvalue weighted by molar-refractivity contribution is 5.95. The molecule has 0 aromatic heterocycles. The van der Waals surface area contributed by atoms with Crippen LogP contribution in [0.4, 0.5) is 0 Å². The van der Waals surface area contributed by atoms with E-state index in [1.54, 1.807) is 0 Å². The Bertz CT molecular complexity index is 428. The molecule has 4 heteroatoms. The van der Waals surface area contributed by atoms with Crippen molar-refractivity contribution < 1.29 is 14.3 Å². The molecule has 0 N–H and O–H groups in total. The van der Waals surface area contributed by atoms with E-state index < -0.39 is 0 Å². The lowest BCUT2D eigenvalue weighted by molar-refractivity contribution is -0.148. The zero-order valence-corrected chi connectivity index (χ0v) is 9.92. The second kappa shape index (κ2) is 4.99. The van der Waals surface area contributed by atoms with Gasteiger partial charge in [0, 0.05) is 5.56 Å². The molecule has 1 heterocycles. The fraction of sp³-hybridized carbons (Fsp3) is 0.385. The first kappa shape index (κ1) is 11.6. The van der Waals surface area contributed by atoms with Gasteiger partial charge in [-0.1, -0.05) is 18.2 Å². The lowest BCUT2D eigenvalue weighted by Crippen LogP contribution is -2.37. The highest BCUT2D eigenvalue weighted by Gasteiger charge is 2.31. The summed E-state index contributed by atoms with van der Waals surface area (Å²) in [6.45, 7) is 2.28. The minimum absolute atomic E-state index is 0.213. The molecule has 1 aliphatic heterocycles. The predicted molar refractivity (Wildman–Crippen MR) is 63.9 cm³/mol. The van der Waals surface area contributed by atoms with Gasteiger partial charge in [0.05, 0.1) is 13.7 Å². The molecule has 0 amide bonds. The van der Waals surface area contributed by atoms with Crippen LogP contribution in [0.25, 0.3) is 0 Å². The normalized spacial score (nSPS) is 23.5. The molecule has 4 nitrogen and oxygen atoms in total. The van der Waals surface area contributed by atoms with Gasteiger partial charge in [0.2, 0.25) is 5.90 Å². The molecule has 1 aliphatic rings. The van der Waals surface area contributed by atoms with Crippen molar-refractivity contribution in [3.8, 4) is 0 Å². The second-order valence-corrected chi connectivity index (χ2v) is 3.96. The Hall–Kier alpha value is -1.84. The van der Waals surface area contributed by atoms with Crippen LogP contribution in [0.5, 0.6) is 0 Å². The Balaban J connectivity index is 2.15. The number of carbonyl (C=O) groups excluding carboxylic acids is 1. The zero-order chi connectivity index (χ0) is 12.3. The summed E-state index contributed by atoms with van der Waals surface area (Å²) in [6.07, 6.45) is -0.213. The van der Waals surface area contributed by atoms with Gasteiger partial charge in [-0.25, -0.2) is 0 Å². The third-order valence-electron chi connectivity index (χ3n) is 2.82. The summed E-state index contributed by atoms with van der Waals surface area (Å²) < 4.78 is 10.4. The Morgan fingerprint density at radius 3 is 2.71 bits per heavy atom. The van der Waals surface area contributed by atoms with Crippen LogP contribution in [0.2, 0.25) is 0 Å². The number of rotatable bonds is 2. The van der Waals surface area contributed by atoms with Crippen molar-refractivity contribution >= 4 is 11.9 Å². The molecule has 2 rings (SSSR count). The first-order valence-electron chi connectivity index (χ1n) is 5.56. The lowest BCUT2D eigenvalue weighted by Gasteiger charge is -2.26. The van der Waals surface area contributed by atoms with Crippen LogP contribution in [0, 0.1) is 5.92 Å². The van der Waals surface area contributed by atoms with E-state index in [-0.39, 0.29) is 18.0 Å². The monoisotopic (exact) mass is 233 g/mol. The van der Waals surface area contributed by atoms with E-state index in [2.05, 4.69) is 4.99 Å². The van der Waals surface area contributed by atoms with E-state index in [4.69, 9.17) is 9.47 Å². The molecule has 90 valence electrons. The molecule has 0 unspecified atom stereocenters. The Labute approximate surface area is 100 Å². The maximum absolute atomic E-state index is 11.4. The number of esters is 1. The third-order valence-corrected chi connectivity index (χ3v) is 2.82. The molecule has 0 fully saturated rings. The van der Waals surface area contributed by atoms with Crippen molar-refractivity contribution in [3.05, 3.63) is 35.9 Å². The molecule has 2 atom stereocenters. The third kappa shape index (κ3) is 2.46. The first-order chi connectivity index (χ1) is 8.22. The lowest BCUT2D eigenvalue weighted by atomic mass is 10.0. The van der Waals surface area contributed by atoms with Gasteiger partial charge in [0.15, 0.2) is 0 Å². The van der Waals surface area contributed by atoms with Crippen molar-refractivity contribution in [1.29, 1.82) is 0 Å². The van der Waals surface area contributed by atoms with Gasteiger partial charge < -0.3 is 9.47 Å². The summed E-state index contributed by atoms with van der Waals surface area (Å²) in [5.41, 5.74) is 0.933. The summed E-state index contributed by atoms with van der Waals surface area (Å²) in [5, 5.41) is 0. The van der Waals surface area contributed by atoms with Gasteiger partial charge in [0.25, 0.3) is 0 Å². The minimum atomic E-state index is -0.313. The number of methoxy groups -OCH3 is 1. The van der Waals surface area contributed by atoms with Crippen molar-refractivity contribution in [2.24, 2.45) is 10.9 Å². The number of carbonyl (C=O) groups is 1. The Morgan fingerprint density at radius 2 is 2.12 bits per heavy atom. The van der Waals surface area contributed by atoms with Gasteiger partial charge >= 0.3 is 5.97 Å². The number of benzene rings is 1. The molecule has 0 saturated carbocycles. The molecule has 17 heavy (non-hydrogen) atoms. The van der Waals surface area contributed by atoms with Crippen LogP contribution in [-0.2, 0) is 14.3 Å². The van der Waals surface area contributed by atoms with Crippen LogP contribution < -0.4 is 0 Å². The van der Waals surface area contributed by atoms with Crippen molar-refractivity contribution in [3.63, 3.8) is 0 Å². The number of ether oxygens (including phenoxy) is 2. The molecule has 1 aromatic rings. The Morgan fingerprint density at radius 1 is 1.41 bits per heavy atom. The highest BCUT2D eigenvalue weighted by Crippen LogP contribution is 2.19. The molecule has 0 saturated heterocycles. The molecule has 0 aliphatic carbocycles. The van der Waals surface area contributed by atoms with Gasteiger partial charge in [-0.15, -0.1) is 0 Å². The van der Waals surface area contributed by atoms with E-state index in [1.165, 1.54) is 7.11 Å². The Kier molecular flexibility index (Phi) is 3.42.